The predicted molar refractivity (Wildman–Crippen MR) is 82.5 cm³/mol. The summed E-state index contributed by atoms with van der Waals surface area (Å²) >= 11 is 0. The van der Waals surface area contributed by atoms with Crippen LogP contribution in [0.5, 0.6) is 0 Å². The Bertz CT molecular complexity index is 111. The van der Waals surface area contributed by atoms with Gasteiger partial charge < -0.3 is 4.90 Å². The summed E-state index contributed by atoms with van der Waals surface area (Å²) in [5.74, 6) is 0. The van der Waals surface area contributed by atoms with Crippen LogP contribution in [0.1, 0.15) is 78.6 Å². The minimum Gasteiger partial charge on any atom is -0.303 e. The summed E-state index contributed by atoms with van der Waals surface area (Å²) < 4.78 is 0. The number of rotatable bonds is 12. The van der Waals surface area contributed by atoms with Crippen molar-refractivity contribution in [1.82, 2.24) is 4.90 Å². The molecule has 0 fully saturated rings. The second-order valence-electron chi connectivity index (χ2n) is 4.96. The van der Waals surface area contributed by atoms with Crippen molar-refractivity contribution in [1.29, 1.82) is 0 Å². The van der Waals surface area contributed by atoms with Crippen molar-refractivity contribution in [3.8, 4) is 0 Å². The van der Waals surface area contributed by atoms with E-state index in [4.69, 9.17) is 0 Å². The number of hydrogen-bond acceptors (Lipinski definition) is 1. The average molecular weight is 287 g/mol. The molecule has 19 heavy (non-hydrogen) atoms. The molecule has 0 rings (SSSR count). The lowest BCUT2D eigenvalue weighted by Crippen LogP contribution is -2.27. The molecular weight excluding hydrogens is 251 g/mol. The average Bonchev–Trinajstić information content (AvgIpc) is 2.29. The van der Waals surface area contributed by atoms with E-state index in [9.17, 15) is 0 Å². The Hall–Kier alpha value is -0.250. The Kier molecular flexibility index (Phi) is 32.7. The van der Waals surface area contributed by atoms with Crippen molar-refractivity contribution >= 4 is 0 Å². The fourth-order valence-corrected chi connectivity index (χ4v) is 2.09. The monoisotopic (exact) mass is 287 g/mol. The summed E-state index contributed by atoms with van der Waals surface area (Å²) in [4.78, 5) is 2.70. The highest BCUT2D eigenvalue weighted by molar-refractivity contribution is 4.58. The molecule has 4 heteroatoms. The van der Waals surface area contributed by atoms with Crippen LogP contribution in [0.15, 0.2) is 0 Å². The molecule has 0 unspecified atom stereocenters. The summed E-state index contributed by atoms with van der Waals surface area (Å²) in [6.45, 7) is 10.9. The summed E-state index contributed by atoms with van der Waals surface area (Å²) in [6.07, 6.45) is 12.4. The first-order chi connectivity index (χ1) is 7.85. The van der Waals surface area contributed by atoms with Gasteiger partial charge in [0.05, 0.1) is 0 Å². The highest BCUT2D eigenvalue weighted by atomic mass is 19.0. The van der Waals surface area contributed by atoms with Crippen LogP contribution in [0.25, 0.3) is 0 Å². The van der Waals surface area contributed by atoms with E-state index in [1.54, 1.807) is 0 Å². The molecule has 0 atom stereocenters. The van der Waals surface area contributed by atoms with Crippen LogP contribution < -0.4 is 0 Å². The molecule has 0 amide bonds. The van der Waals surface area contributed by atoms with Crippen LogP contribution in [-0.4, -0.2) is 24.5 Å². The lowest BCUT2D eigenvalue weighted by atomic mass is 10.2. The predicted octanol–water partition coefficient (Wildman–Crippen LogP) is 5.32. The van der Waals surface area contributed by atoms with E-state index in [0.717, 1.165) is 0 Å². The highest BCUT2D eigenvalue weighted by Crippen LogP contribution is 2.05. The molecule has 0 saturated heterocycles. The fraction of sp³-hybridized carbons (Fsp3) is 1.00. The van der Waals surface area contributed by atoms with Gasteiger partial charge in [-0.05, 0) is 38.9 Å². The number of unbranched alkanes of at least 4 members (excludes halogenated alkanes) is 6. The first-order valence-electron chi connectivity index (χ1n) is 7.57. The molecule has 0 aliphatic carbocycles. The first-order valence-corrected chi connectivity index (χ1v) is 7.57. The van der Waals surface area contributed by atoms with Gasteiger partial charge in [-0.2, -0.15) is 0 Å². The van der Waals surface area contributed by atoms with E-state index in [2.05, 4.69) is 25.7 Å². The fourth-order valence-electron chi connectivity index (χ4n) is 2.09. The summed E-state index contributed by atoms with van der Waals surface area (Å²) in [7, 11) is 0. The van der Waals surface area contributed by atoms with Crippen LogP contribution in [0.3, 0.4) is 0 Å². The van der Waals surface area contributed by atoms with E-state index in [0.29, 0.717) is 0 Å². The molecule has 122 valence electrons. The Morgan fingerprint density at radius 1 is 0.474 bits per heavy atom. The van der Waals surface area contributed by atoms with Gasteiger partial charge in [0.15, 0.2) is 0 Å². The van der Waals surface area contributed by atoms with E-state index in [1.165, 1.54) is 77.4 Å². The van der Waals surface area contributed by atoms with E-state index >= 15 is 0 Å². The second kappa shape index (κ2) is 22.9. The van der Waals surface area contributed by atoms with Gasteiger partial charge in [-0.25, -0.2) is 0 Å². The molecule has 0 N–H and O–H groups in total. The maximum atomic E-state index is 2.70. The van der Waals surface area contributed by atoms with Gasteiger partial charge in [0.1, 0.15) is 0 Å². The third-order valence-electron chi connectivity index (χ3n) is 3.23. The maximum Gasteiger partial charge on any atom is -0.00187 e. The Morgan fingerprint density at radius 2 is 0.737 bits per heavy atom. The minimum atomic E-state index is 0. The van der Waals surface area contributed by atoms with Gasteiger partial charge in [-0.1, -0.05) is 59.3 Å². The van der Waals surface area contributed by atoms with Crippen molar-refractivity contribution < 1.29 is 14.1 Å². The quantitative estimate of drug-likeness (QED) is 0.439. The zero-order valence-corrected chi connectivity index (χ0v) is 13.2. The van der Waals surface area contributed by atoms with E-state index in [1.807, 2.05) is 0 Å². The molecule has 0 aromatic heterocycles. The molecule has 0 spiro atoms. The SMILES string of the molecule is CCCCCN(CCCCC)CCCCC.F.F.F. The minimum absolute atomic E-state index is 0. The zero-order valence-electron chi connectivity index (χ0n) is 13.2. The van der Waals surface area contributed by atoms with Crippen molar-refractivity contribution in [2.75, 3.05) is 19.6 Å². The normalized spacial score (nSPS) is 9.47. The number of nitrogens with zero attached hydrogens (tertiary/aromatic N) is 1. The molecule has 0 aliphatic rings. The van der Waals surface area contributed by atoms with E-state index in [-0.39, 0.29) is 14.1 Å². The summed E-state index contributed by atoms with van der Waals surface area (Å²) in [5, 5.41) is 0. The molecular formula is C15H36F3N. The molecule has 0 radical (unpaired) electrons. The maximum absolute atomic E-state index is 2.70. The molecule has 0 aromatic carbocycles. The van der Waals surface area contributed by atoms with Crippen molar-refractivity contribution in [2.45, 2.75) is 78.6 Å². The number of halogens is 3. The van der Waals surface area contributed by atoms with Crippen molar-refractivity contribution in [3.63, 3.8) is 0 Å². The van der Waals surface area contributed by atoms with Gasteiger partial charge in [0.2, 0.25) is 0 Å². The molecule has 0 aromatic rings. The molecule has 1 nitrogen and oxygen atoms in total. The van der Waals surface area contributed by atoms with Crippen LogP contribution in [0, 0.1) is 0 Å². The first kappa shape index (κ1) is 27.2. The summed E-state index contributed by atoms with van der Waals surface area (Å²) in [5.41, 5.74) is 0. The Balaban J connectivity index is -0.000000375. The summed E-state index contributed by atoms with van der Waals surface area (Å²) in [6, 6.07) is 0. The third-order valence-corrected chi connectivity index (χ3v) is 3.23. The topological polar surface area (TPSA) is 3.24 Å². The van der Waals surface area contributed by atoms with Gasteiger partial charge >= 0.3 is 0 Å². The van der Waals surface area contributed by atoms with E-state index < -0.39 is 0 Å². The van der Waals surface area contributed by atoms with Gasteiger partial charge in [0, 0.05) is 0 Å². The highest BCUT2D eigenvalue weighted by Gasteiger charge is 2.03. The van der Waals surface area contributed by atoms with Crippen molar-refractivity contribution in [2.24, 2.45) is 0 Å². The standard InChI is InChI=1S/C15H33N.3FH/c1-4-7-10-13-16(14-11-8-5-2)15-12-9-6-3;;;/h4-15H2,1-3H3;3*1H. The molecule has 0 bridgehead atoms. The largest absolute Gasteiger partial charge is 0.303 e. The lowest BCUT2D eigenvalue weighted by molar-refractivity contribution is 0.256. The van der Waals surface area contributed by atoms with Crippen molar-refractivity contribution in [3.05, 3.63) is 0 Å². The van der Waals surface area contributed by atoms with Gasteiger partial charge in [-0.15, -0.1) is 0 Å². The smallest absolute Gasteiger partial charge is 0.00187 e. The Morgan fingerprint density at radius 3 is 0.947 bits per heavy atom. The van der Waals surface area contributed by atoms with Crippen LogP contribution in [-0.2, 0) is 0 Å². The Labute approximate surface area is 118 Å². The third kappa shape index (κ3) is 20.2. The second-order valence-corrected chi connectivity index (χ2v) is 4.96. The van der Waals surface area contributed by atoms with Gasteiger partial charge in [0.25, 0.3) is 0 Å². The molecule has 0 heterocycles. The van der Waals surface area contributed by atoms with Gasteiger partial charge in [-0.3, -0.25) is 14.1 Å². The molecule has 0 aliphatic heterocycles. The van der Waals surface area contributed by atoms with Crippen LogP contribution >= 0.6 is 0 Å². The number of hydrogen-bond donors (Lipinski definition) is 0. The van der Waals surface area contributed by atoms with Crippen LogP contribution in [0.2, 0.25) is 0 Å². The lowest BCUT2D eigenvalue weighted by Gasteiger charge is -2.22. The molecule has 0 saturated carbocycles. The van der Waals surface area contributed by atoms with Crippen LogP contribution in [0.4, 0.5) is 14.1 Å². The zero-order chi connectivity index (χ0) is 12.1.